The topological polar surface area (TPSA) is 169 Å². The number of rotatable bonds is 59. The van der Waals surface area contributed by atoms with Crippen LogP contribution in [-0.2, 0) is 14.3 Å². The minimum absolute atomic E-state index is 0.251. The van der Waals surface area contributed by atoms with E-state index >= 15 is 0 Å². The van der Waals surface area contributed by atoms with Crippen LogP contribution in [0, 0.1) is 0 Å². The summed E-state index contributed by atoms with van der Waals surface area (Å²) in [5, 5.41) is 65.4. The molecule has 1 aliphatic heterocycles. The second-order valence-corrected chi connectivity index (χ2v) is 23.8. The van der Waals surface area contributed by atoms with Gasteiger partial charge < -0.3 is 45.4 Å². The molecule has 10 nitrogen and oxygen atoms in total. The fourth-order valence-electron chi connectivity index (χ4n) is 11.1. The lowest BCUT2D eigenvalue weighted by molar-refractivity contribution is -0.302. The van der Waals surface area contributed by atoms with Gasteiger partial charge in [-0.2, -0.15) is 0 Å². The van der Waals surface area contributed by atoms with Crippen molar-refractivity contribution in [3.05, 3.63) is 12.2 Å². The Bertz CT molecular complexity index is 1220. The summed E-state index contributed by atoms with van der Waals surface area (Å²) in [6.07, 6.45) is 60.2. The molecule has 1 rings (SSSR count). The number of aliphatic hydroxyl groups excluding tert-OH is 6. The first-order valence-electron chi connectivity index (χ1n) is 33.5. The zero-order valence-corrected chi connectivity index (χ0v) is 50.2. The summed E-state index contributed by atoms with van der Waals surface area (Å²) in [6, 6.07) is -0.892. The normalized spacial score (nSPS) is 19.2. The predicted octanol–water partition coefficient (Wildman–Crippen LogP) is 16.5. The molecule has 1 aliphatic rings. The van der Waals surface area contributed by atoms with Crippen molar-refractivity contribution in [3.63, 3.8) is 0 Å². The van der Waals surface area contributed by atoms with E-state index in [9.17, 15) is 35.4 Å². The fourth-order valence-corrected chi connectivity index (χ4v) is 11.1. The summed E-state index contributed by atoms with van der Waals surface area (Å²) >= 11 is 0. The van der Waals surface area contributed by atoms with Gasteiger partial charge in [-0.15, -0.1) is 0 Å². The molecule has 0 aromatic heterocycles. The molecule has 0 aromatic carbocycles. The maximum Gasteiger partial charge on any atom is 0.249 e. The van der Waals surface area contributed by atoms with Crippen LogP contribution in [0.3, 0.4) is 0 Å². The molecule has 10 heteroatoms. The third-order valence-electron chi connectivity index (χ3n) is 16.5. The van der Waals surface area contributed by atoms with Crippen molar-refractivity contribution in [3.8, 4) is 0 Å². The minimum Gasteiger partial charge on any atom is -0.394 e. The van der Waals surface area contributed by atoms with Crippen LogP contribution in [0.25, 0.3) is 0 Å². The number of amides is 1. The van der Waals surface area contributed by atoms with E-state index in [1.807, 2.05) is 0 Å². The molecule has 0 radical (unpaired) electrons. The zero-order chi connectivity index (χ0) is 55.2. The molecule has 0 saturated carbocycles. The molecule has 0 spiro atoms. The number of hydrogen-bond acceptors (Lipinski definition) is 9. The van der Waals surface area contributed by atoms with Gasteiger partial charge in [0.1, 0.15) is 30.5 Å². The number of carbonyl (C=O) groups is 1. The second-order valence-electron chi connectivity index (χ2n) is 23.8. The molecule has 0 aliphatic carbocycles. The Morgan fingerprint density at radius 3 is 1.07 bits per heavy atom. The molecule has 1 saturated heterocycles. The smallest absolute Gasteiger partial charge is 0.249 e. The number of ether oxygens (including phenoxy) is 2. The molecule has 1 fully saturated rings. The van der Waals surface area contributed by atoms with E-state index in [2.05, 4.69) is 31.3 Å². The summed E-state index contributed by atoms with van der Waals surface area (Å²) in [4.78, 5) is 13.2. The highest BCUT2D eigenvalue weighted by Crippen LogP contribution is 2.24. The van der Waals surface area contributed by atoms with Gasteiger partial charge in [-0.05, 0) is 38.5 Å². The Balaban J connectivity index is 2.11. The van der Waals surface area contributed by atoms with Crippen LogP contribution in [0.2, 0.25) is 0 Å². The number of unbranched alkanes of at least 4 members (excludes halogenated alkanes) is 46. The third kappa shape index (κ3) is 43.7. The van der Waals surface area contributed by atoms with Crippen LogP contribution in [-0.4, -0.2) is 98.7 Å². The summed E-state index contributed by atoms with van der Waals surface area (Å²) in [7, 11) is 0. The first-order chi connectivity index (χ1) is 37.3. The molecule has 1 heterocycles. The highest BCUT2D eigenvalue weighted by Gasteiger charge is 2.44. The summed E-state index contributed by atoms with van der Waals surface area (Å²) in [6.45, 7) is 3.73. The Morgan fingerprint density at radius 1 is 0.434 bits per heavy atom. The Labute approximate surface area is 469 Å². The number of nitrogens with one attached hydrogen (secondary N) is 1. The van der Waals surface area contributed by atoms with Crippen LogP contribution in [0.1, 0.15) is 341 Å². The van der Waals surface area contributed by atoms with Crippen molar-refractivity contribution in [1.29, 1.82) is 0 Å². The minimum atomic E-state index is -1.60. The third-order valence-corrected chi connectivity index (χ3v) is 16.5. The molecular weight excluding hydrogens is 951 g/mol. The van der Waals surface area contributed by atoms with Crippen LogP contribution >= 0.6 is 0 Å². The van der Waals surface area contributed by atoms with E-state index in [1.54, 1.807) is 0 Å². The Kier molecular flexibility index (Phi) is 53.5. The summed E-state index contributed by atoms with van der Waals surface area (Å²) < 4.78 is 11.3. The van der Waals surface area contributed by atoms with Gasteiger partial charge in [0.05, 0.1) is 25.4 Å². The van der Waals surface area contributed by atoms with Gasteiger partial charge in [0, 0.05) is 0 Å². The highest BCUT2D eigenvalue weighted by molar-refractivity contribution is 5.80. The van der Waals surface area contributed by atoms with Gasteiger partial charge in [0.2, 0.25) is 5.91 Å². The van der Waals surface area contributed by atoms with E-state index in [0.29, 0.717) is 12.8 Å². The van der Waals surface area contributed by atoms with Crippen LogP contribution < -0.4 is 5.32 Å². The summed E-state index contributed by atoms with van der Waals surface area (Å²) in [5.74, 6) is -0.576. The molecule has 0 bridgehead atoms. The monoisotopic (exact) mass is 1080 g/mol. The first-order valence-corrected chi connectivity index (χ1v) is 33.5. The number of hydrogen-bond donors (Lipinski definition) is 7. The van der Waals surface area contributed by atoms with E-state index < -0.39 is 61.5 Å². The van der Waals surface area contributed by atoms with Crippen LogP contribution in [0.4, 0.5) is 0 Å². The largest absolute Gasteiger partial charge is 0.394 e. The first kappa shape index (κ1) is 72.9. The van der Waals surface area contributed by atoms with E-state index in [0.717, 1.165) is 38.5 Å². The molecule has 452 valence electrons. The Morgan fingerprint density at radius 2 is 0.737 bits per heavy atom. The number of aliphatic hydroxyl groups is 6. The van der Waals surface area contributed by atoms with Crippen LogP contribution in [0.15, 0.2) is 12.2 Å². The van der Waals surface area contributed by atoms with E-state index in [-0.39, 0.29) is 6.61 Å². The lowest BCUT2D eigenvalue weighted by Crippen LogP contribution is -2.60. The van der Waals surface area contributed by atoms with E-state index in [1.165, 1.54) is 276 Å². The van der Waals surface area contributed by atoms with E-state index in [4.69, 9.17) is 9.47 Å². The standard InChI is InChI=1S/C66H129NO9/c1-3-5-7-9-11-13-15-17-19-21-22-23-24-25-26-27-28-29-30-31-32-33-34-35-36-37-39-41-43-45-47-49-51-53-55-60(70)65(74)67-58(57-75-66-64(73)63(72)62(71)61(56-68)76-66)59(69)54-52-50-48-46-44-42-40-38-20-18-16-14-12-10-8-6-4-2/h27-28,58-64,66,68-73H,3-26,29-57H2,1-2H3,(H,67,74)/b28-27-. The van der Waals surface area contributed by atoms with Gasteiger partial charge in [0.15, 0.2) is 6.29 Å². The van der Waals surface area contributed by atoms with Gasteiger partial charge in [0.25, 0.3) is 0 Å². The SMILES string of the molecule is CCCCCCCCCCCCCCCC/C=C\CCCCCCCCCCCCCCCCCCC(O)C(=O)NC(COC1OC(CO)C(O)C(O)C1O)C(O)CCCCCCCCCCCCCCCCCCC. The van der Waals surface area contributed by atoms with Crippen LogP contribution in [0.5, 0.6) is 0 Å². The number of allylic oxidation sites excluding steroid dienone is 2. The lowest BCUT2D eigenvalue weighted by atomic mass is 9.99. The molecule has 8 unspecified atom stereocenters. The summed E-state index contributed by atoms with van der Waals surface area (Å²) in [5.41, 5.74) is 0. The van der Waals surface area contributed by atoms with Crippen molar-refractivity contribution in [1.82, 2.24) is 5.32 Å². The molecule has 7 N–H and O–H groups in total. The van der Waals surface area contributed by atoms with Crippen molar-refractivity contribution in [2.45, 2.75) is 390 Å². The fraction of sp³-hybridized carbons (Fsp3) is 0.955. The van der Waals surface area contributed by atoms with Gasteiger partial charge in [-0.3, -0.25) is 4.79 Å². The second kappa shape index (κ2) is 55.8. The predicted molar refractivity (Wildman–Crippen MR) is 320 cm³/mol. The molecular formula is C66H129NO9. The Hall–Kier alpha value is -1.11. The maximum absolute atomic E-state index is 13.2. The van der Waals surface area contributed by atoms with Crippen molar-refractivity contribution >= 4 is 5.91 Å². The van der Waals surface area contributed by atoms with Crippen molar-refractivity contribution in [2.75, 3.05) is 13.2 Å². The average molecular weight is 1080 g/mol. The molecule has 8 atom stereocenters. The highest BCUT2D eigenvalue weighted by atomic mass is 16.7. The quantitative estimate of drug-likeness (QED) is 0.0232. The van der Waals surface area contributed by atoms with Gasteiger partial charge >= 0.3 is 0 Å². The number of carbonyl (C=O) groups excluding carboxylic acids is 1. The average Bonchev–Trinajstić information content (AvgIpc) is 3.42. The van der Waals surface area contributed by atoms with Crippen molar-refractivity contribution in [2.24, 2.45) is 0 Å². The molecule has 1 amide bonds. The van der Waals surface area contributed by atoms with Crippen molar-refractivity contribution < 1.29 is 44.9 Å². The molecule has 76 heavy (non-hydrogen) atoms. The lowest BCUT2D eigenvalue weighted by Gasteiger charge is -2.40. The van der Waals surface area contributed by atoms with Gasteiger partial charge in [-0.1, -0.05) is 315 Å². The zero-order valence-electron chi connectivity index (χ0n) is 50.2. The maximum atomic E-state index is 13.2. The van der Waals surface area contributed by atoms with Gasteiger partial charge in [-0.25, -0.2) is 0 Å². The molecule has 0 aromatic rings.